The zero-order valence-corrected chi connectivity index (χ0v) is 19.6. The number of halogens is 2. The fourth-order valence-electron chi connectivity index (χ4n) is 7.52. The second-order valence-corrected chi connectivity index (χ2v) is 10.8. The van der Waals surface area contributed by atoms with Gasteiger partial charge < -0.3 is 25.2 Å². The summed E-state index contributed by atoms with van der Waals surface area (Å²) in [5.41, 5.74) is -6.15. The molecule has 4 N–H and O–H groups in total. The maximum atomic E-state index is 17.3. The van der Waals surface area contributed by atoms with E-state index in [1.165, 1.54) is 0 Å². The Hall–Kier alpha value is -1.32. The summed E-state index contributed by atoms with van der Waals surface area (Å²) in [5, 5.41) is 42.8. The number of hydrogen-bond acceptors (Lipinski definition) is 7. The van der Waals surface area contributed by atoms with Crippen LogP contribution < -0.4 is 0 Å². The summed E-state index contributed by atoms with van der Waals surface area (Å²) in [5.74, 6) is -1.64. The molecule has 0 aliphatic heterocycles. The van der Waals surface area contributed by atoms with Crippen molar-refractivity contribution in [1.29, 1.82) is 0 Å². The maximum absolute atomic E-state index is 17.3. The lowest BCUT2D eigenvalue weighted by molar-refractivity contribution is -0.225. The van der Waals surface area contributed by atoms with Gasteiger partial charge in [-0.3, -0.25) is 9.59 Å². The van der Waals surface area contributed by atoms with Gasteiger partial charge in [-0.15, -0.1) is 11.6 Å². The summed E-state index contributed by atoms with van der Waals surface area (Å²) in [6.45, 7) is 2.57. The molecule has 0 radical (unpaired) electrons. The zero-order chi connectivity index (χ0) is 24.4. The molecule has 2 unspecified atom stereocenters. The minimum atomic E-state index is -2.31. The minimum absolute atomic E-state index is 0.00234. The first-order valence-corrected chi connectivity index (χ1v) is 12.0. The van der Waals surface area contributed by atoms with E-state index in [-0.39, 0.29) is 25.9 Å². The number of aldehydes is 1. The standard InChI is InChI=1S/C24H32ClFO7/c1-21-4-3-14(33-6-5-25)8-15(21)13(11-27)7-17-16-9-18(29)24(32,20(31)12-28)22(16,2)10-19(30)23(17,21)26/h8,11,16-19,28-30,32H,3-7,9-10,12H2,1-2H3/t16-,17-,18?,19?,21-,22-,23-,24-/m0/s1. The molecule has 0 amide bonds. The van der Waals surface area contributed by atoms with Gasteiger partial charge in [0, 0.05) is 23.2 Å². The number of fused-ring (bicyclic) bond motifs is 5. The van der Waals surface area contributed by atoms with Gasteiger partial charge in [-0.1, -0.05) is 13.8 Å². The predicted molar refractivity (Wildman–Crippen MR) is 117 cm³/mol. The summed E-state index contributed by atoms with van der Waals surface area (Å²) in [6.07, 6.45) is -0.314. The van der Waals surface area contributed by atoms with Gasteiger partial charge in [0.2, 0.25) is 0 Å². The Morgan fingerprint density at radius 1 is 1.30 bits per heavy atom. The number of rotatable bonds is 6. The van der Waals surface area contributed by atoms with E-state index in [1.807, 2.05) is 0 Å². The lowest BCUT2D eigenvalue weighted by Crippen LogP contribution is -2.70. The molecule has 184 valence electrons. The Bertz CT molecular complexity index is 920. The van der Waals surface area contributed by atoms with E-state index < -0.39 is 58.5 Å². The Morgan fingerprint density at radius 3 is 2.61 bits per heavy atom. The number of aliphatic hydroxyl groups is 4. The highest BCUT2D eigenvalue weighted by atomic mass is 35.5. The highest BCUT2D eigenvalue weighted by molar-refractivity contribution is 6.17. The lowest BCUT2D eigenvalue weighted by Gasteiger charge is -2.63. The SMILES string of the molecule is C[C@]12CCC(OCCCl)=CC1=C(C=O)C[C@H]1[C@@H]3CC(O)[C@](O)(C(=O)CO)[C@@]3(C)CC(O)[C@@]12F. The molecule has 33 heavy (non-hydrogen) atoms. The van der Waals surface area contributed by atoms with Crippen molar-refractivity contribution in [3.8, 4) is 0 Å². The molecule has 0 aromatic heterocycles. The molecule has 7 nitrogen and oxygen atoms in total. The van der Waals surface area contributed by atoms with Crippen molar-refractivity contribution in [1.82, 2.24) is 0 Å². The van der Waals surface area contributed by atoms with Crippen LogP contribution in [0, 0.1) is 22.7 Å². The van der Waals surface area contributed by atoms with Crippen molar-refractivity contribution in [2.75, 3.05) is 19.1 Å². The van der Waals surface area contributed by atoms with Gasteiger partial charge in [0.1, 0.15) is 25.2 Å². The van der Waals surface area contributed by atoms with Gasteiger partial charge in [0.15, 0.2) is 11.4 Å². The number of carbonyl (C=O) groups is 2. The summed E-state index contributed by atoms with van der Waals surface area (Å²) in [4.78, 5) is 24.7. The molecular weight excluding hydrogens is 455 g/mol. The first-order valence-electron chi connectivity index (χ1n) is 11.4. The summed E-state index contributed by atoms with van der Waals surface area (Å²) >= 11 is 5.71. The quantitative estimate of drug-likeness (QED) is 0.332. The molecule has 0 saturated heterocycles. The van der Waals surface area contributed by atoms with Crippen LogP contribution in [0.25, 0.3) is 0 Å². The Labute approximate surface area is 197 Å². The first kappa shape index (κ1) is 24.8. The van der Waals surface area contributed by atoms with Crippen LogP contribution in [0.4, 0.5) is 4.39 Å². The van der Waals surface area contributed by atoms with Gasteiger partial charge in [0.25, 0.3) is 0 Å². The predicted octanol–water partition coefficient (Wildman–Crippen LogP) is 1.59. The van der Waals surface area contributed by atoms with Crippen molar-refractivity contribution >= 4 is 23.7 Å². The number of carbonyl (C=O) groups excluding carboxylic acids is 2. The first-order chi connectivity index (χ1) is 15.4. The number of allylic oxidation sites excluding steroid dienone is 4. The Balaban J connectivity index is 1.85. The number of hydrogen-bond donors (Lipinski definition) is 4. The lowest BCUT2D eigenvalue weighted by atomic mass is 9.44. The van der Waals surface area contributed by atoms with Crippen LogP contribution >= 0.6 is 11.6 Å². The van der Waals surface area contributed by atoms with E-state index in [0.717, 1.165) is 0 Å². The Kier molecular flexibility index (Phi) is 6.10. The van der Waals surface area contributed by atoms with E-state index in [4.69, 9.17) is 16.3 Å². The average Bonchev–Trinajstić information content (AvgIpc) is 2.99. The van der Waals surface area contributed by atoms with Crippen molar-refractivity contribution in [2.24, 2.45) is 22.7 Å². The molecule has 0 heterocycles. The number of ether oxygens (including phenoxy) is 1. The van der Waals surface area contributed by atoms with Crippen molar-refractivity contribution in [3.63, 3.8) is 0 Å². The summed E-state index contributed by atoms with van der Waals surface area (Å²) < 4.78 is 22.9. The van der Waals surface area contributed by atoms with Crippen LogP contribution in [0.15, 0.2) is 23.0 Å². The van der Waals surface area contributed by atoms with E-state index in [9.17, 15) is 30.0 Å². The molecule has 2 saturated carbocycles. The van der Waals surface area contributed by atoms with Crippen LogP contribution in [0.1, 0.15) is 46.0 Å². The number of Topliss-reactive ketones (excluding diaryl/α,β-unsaturated/α-hetero) is 1. The van der Waals surface area contributed by atoms with Crippen LogP contribution in [0.2, 0.25) is 0 Å². The Morgan fingerprint density at radius 2 is 2.00 bits per heavy atom. The fraction of sp³-hybridized carbons (Fsp3) is 0.750. The molecule has 9 heteroatoms. The van der Waals surface area contributed by atoms with Crippen LogP contribution in [0.5, 0.6) is 0 Å². The average molecular weight is 487 g/mol. The molecule has 2 fully saturated rings. The van der Waals surface area contributed by atoms with Crippen LogP contribution in [0.3, 0.4) is 0 Å². The monoisotopic (exact) mass is 486 g/mol. The summed E-state index contributed by atoms with van der Waals surface area (Å²) in [6, 6.07) is 0. The summed E-state index contributed by atoms with van der Waals surface area (Å²) in [7, 11) is 0. The number of alkyl halides is 2. The second-order valence-electron chi connectivity index (χ2n) is 10.5. The molecule has 0 aromatic carbocycles. The third kappa shape index (κ3) is 3.00. The molecule has 0 aromatic rings. The second kappa shape index (κ2) is 8.12. The third-order valence-electron chi connectivity index (χ3n) is 9.25. The molecule has 4 rings (SSSR count). The van der Waals surface area contributed by atoms with Gasteiger partial charge in [-0.2, -0.15) is 0 Å². The van der Waals surface area contributed by atoms with Crippen LogP contribution in [-0.4, -0.2) is 75.1 Å². The third-order valence-corrected chi connectivity index (χ3v) is 9.41. The topological polar surface area (TPSA) is 124 Å². The molecule has 0 bridgehead atoms. The minimum Gasteiger partial charge on any atom is -0.497 e. The number of aliphatic hydroxyl groups excluding tert-OH is 3. The zero-order valence-electron chi connectivity index (χ0n) is 18.9. The van der Waals surface area contributed by atoms with E-state index in [2.05, 4.69) is 0 Å². The molecule has 8 atom stereocenters. The largest absolute Gasteiger partial charge is 0.497 e. The highest BCUT2D eigenvalue weighted by Gasteiger charge is 2.76. The van der Waals surface area contributed by atoms with Gasteiger partial charge in [-0.05, 0) is 48.8 Å². The molecule has 4 aliphatic carbocycles. The highest BCUT2D eigenvalue weighted by Crippen LogP contribution is 2.70. The van der Waals surface area contributed by atoms with Crippen LogP contribution in [-0.2, 0) is 14.3 Å². The molecular formula is C24H32ClFO7. The van der Waals surface area contributed by atoms with Crippen molar-refractivity contribution < 1.29 is 39.1 Å². The van der Waals surface area contributed by atoms with E-state index in [1.54, 1.807) is 19.9 Å². The normalized spacial score (nSPS) is 46.7. The van der Waals surface area contributed by atoms with E-state index >= 15 is 4.39 Å². The van der Waals surface area contributed by atoms with Gasteiger partial charge in [-0.25, -0.2) is 4.39 Å². The number of ketones is 1. The smallest absolute Gasteiger partial charge is 0.192 e. The van der Waals surface area contributed by atoms with Gasteiger partial charge >= 0.3 is 0 Å². The van der Waals surface area contributed by atoms with Crippen molar-refractivity contribution in [3.05, 3.63) is 23.0 Å². The maximum Gasteiger partial charge on any atom is 0.192 e. The van der Waals surface area contributed by atoms with Gasteiger partial charge in [0.05, 0.1) is 23.8 Å². The molecule has 4 aliphatic rings. The molecule has 0 spiro atoms. The van der Waals surface area contributed by atoms with E-state index in [0.29, 0.717) is 41.9 Å². The fourth-order valence-corrected chi connectivity index (χ4v) is 7.60. The van der Waals surface area contributed by atoms with Crippen molar-refractivity contribution in [2.45, 2.75) is 69.4 Å².